The van der Waals surface area contributed by atoms with E-state index in [1.807, 2.05) is 45.9 Å². The molecule has 0 saturated heterocycles. The second-order valence-corrected chi connectivity index (χ2v) is 9.83. The predicted molar refractivity (Wildman–Crippen MR) is 135 cm³/mol. The molecule has 0 aliphatic carbocycles. The summed E-state index contributed by atoms with van der Waals surface area (Å²) in [6.07, 6.45) is 0.980. The Morgan fingerprint density at radius 3 is 2.31 bits per heavy atom. The second kappa shape index (κ2) is 13.7. The van der Waals surface area contributed by atoms with Gasteiger partial charge >= 0.3 is 6.09 Å². The van der Waals surface area contributed by atoms with Gasteiger partial charge in [-0.3, -0.25) is 14.4 Å². The molecule has 0 spiro atoms. The maximum absolute atomic E-state index is 13.9. The second-order valence-electron chi connectivity index (χ2n) is 9.83. The monoisotopic (exact) mass is 490 g/mol. The van der Waals surface area contributed by atoms with Gasteiger partial charge in [0.15, 0.2) is 0 Å². The van der Waals surface area contributed by atoms with Crippen LogP contribution in [-0.2, 0) is 19.1 Å². The molecule has 0 saturated carbocycles. The Balaban J connectivity index is 3.48. The number of amides is 4. The van der Waals surface area contributed by atoms with Crippen LogP contribution in [0.2, 0.25) is 0 Å². The summed E-state index contributed by atoms with van der Waals surface area (Å²) in [4.78, 5) is 53.1. The van der Waals surface area contributed by atoms with Crippen LogP contribution < -0.4 is 16.4 Å². The number of unbranched alkanes of at least 4 members (excludes halogenated alkanes) is 1. The minimum absolute atomic E-state index is 0.326. The number of rotatable bonds is 12. The third-order valence-electron chi connectivity index (χ3n) is 5.43. The van der Waals surface area contributed by atoms with E-state index in [1.165, 1.54) is 4.90 Å². The zero-order chi connectivity index (χ0) is 26.8. The molecule has 4 N–H and O–H groups in total. The molecule has 9 heteroatoms. The van der Waals surface area contributed by atoms with Crippen molar-refractivity contribution in [1.82, 2.24) is 15.5 Å². The van der Waals surface area contributed by atoms with Crippen LogP contribution in [0.4, 0.5) is 4.79 Å². The molecule has 0 fully saturated rings. The van der Waals surface area contributed by atoms with Crippen LogP contribution >= 0.6 is 0 Å². The first-order valence-corrected chi connectivity index (χ1v) is 12.2. The molecule has 3 atom stereocenters. The highest BCUT2D eigenvalue weighted by atomic mass is 16.6. The molecule has 0 bridgehead atoms. The number of primary amides is 1. The summed E-state index contributed by atoms with van der Waals surface area (Å²) < 4.78 is 5.29. The van der Waals surface area contributed by atoms with Gasteiger partial charge in [0.1, 0.15) is 17.7 Å². The summed E-state index contributed by atoms with van der Waals surface area (Å²) >= 11 is 0. The third kappa shape index (κ3) is 9.96. The van der Waals surface area contributed by atoms with E-state index in [1.54, 1.807) is 26.8 Å². The first-order chi connectivity index (χ1) is 16.3. The molecule has 0 radical (unpaired) electrons. The normalized spacial score (nSPS) is 13.8. The van der Waals surface area contributed by atoms with Crippen LogP contribution in [0.15, 0.2) is 24.3 Å². The molecule has 1 rings (SSSR count). The van der Waals surface area contributed by atoms with Crippen molar-refractivity contribution in [2.75, 3.05) is 6.54 Å². The number of carbonyl (C=O) groups is 4. The highest BCUT2D eigenvalue weighted by Gasteiger charge is 2.39. The van der Waals surface area contributed by atoms with Crippen molar-refractivity contribution in [2.24, 2.45) is 5.73 Å². The fraction of sp³-hybridized carbons (Fsp3) is 0.615. The van der Waals surface area contributed by atoms with Gasteiger partial charge < -0.3 is 26.0 Å². The number of hydrogen-bond donors (Lipinski definition) is 3. The number of aryl methyl sites for hydroxylation is 1. The Bertz CT molecular complexity index is 881. The van der Waals surface area contributed by atoms with Crippen LogP contribution in [-0.4, -0.2) is 52.9 Å². The molecule has 4 amide bonds. The standard InChI is InChI=1S/C26H42N4O5/c1-8-10-14-28-23(32)22(19-13-11-12-17(3)15-19)30(18(4)9-2)24(33)20(16-21(27)31)29-25(34)35-26(5,6)7/h11-13,15,18,20,22H,8-10,14,16H2,1-7H3,(H2,27,31)(H,28,32)(H,29,34). The van der Waals surface area contributed by atoms with Gasteiger partial charge in [0.25, 0.3) is 0 Å². The molecule has 0 aliphatic rings. The summed E-state index contributed by atoms with van der Waals surface area (Å²) in [5.41, 5.74) is 6.19. The van der Waals surface area contributed by atoms with Crippen LogP contribution in [0.25, 0.3) is 0 Å². The van der Waals surface area contributed by atoms with Gasteiger partial charge in [0.2, 0.25) is 17.7 Å². The van der Waals surface area contributed by atoms with Gasteiger partial charge in [-0.15, -0.1) is 0 Å². The van der Waals surface area contributed by atoms with E-state index in [2.05, 4.69) is 10.6 Å². The lowest BCUT2D eigenvalue weighted by molar-refractivity contribution is -0.145. The van der Waals surface area contributed by atoms with Crippen molar-refractivity contribution >= 4 is 23.8 Å². The van der Waals surface area contributed by atoms with E-state index in [-0.39, 0.29) is 11.9 Å². The lowest BCUT2D eigenvalue weighted by Crippen LogP contribution is -2.56. The highest BCUT2D eigenvalue weighted by molar-refractivity contribution is 5.94. The number of nitrogens with two attached hydrogens (primary N) is 1. The number of ether oxygens (including phenoxy) is 1. The number of hydrogen-bond acceptors (Lipinski definition) is 5. The van der Waals surface area contributed by atoms with E-state index in [9.17, 15) is 19.2 Å². The molecule has 3 unspecified atom stereocenters. The molecule has 1 aromatic rings. The number of benzene rings is 1. The SMILES string of the molecule is CCCCNC(=O)C(c1cccc(C)c1)N(C(=O)C(CC(N)=O)NC(=O)OC(C)(C)C)C(C)CC. The molecule has 0 aliphatic heterocycles. The van der Waals surface area contributed by atoms with Crippen LogP contribution in [0.1, 0.15) is 84.4 Å². The molecule has 196 valence electrons. The van der Waals surface area contributed by atoms with Crippen molar-refractivity contribution in [3.8, 4) is 0 Å². The van der Waals surface area contributed by atoms with Gasteiger partial charge in [-0.1, -0.05) is 50.1 Å². The zero-order valence-corrected chi connectivity index (χ0v) is 22.1. The average Bonchev–Trinajstić information content (AvgIpc) is 2.74. The molecule has 1 aromatic carbocycles. The van der Waals surface area contributed by atoms with Crippen molar-refractivity contribution in [3.63, 3.8) is 0 Å². The van der Waals surface area contributed by atoms with E-state index >= 15 is 0 Å². The summed E-state index contributed by atoms with van der Waals surface area (Å²) in [7, 11) is 0. The zero-order valence-electron chi connectivity index (χ0n) is 22.1. The van der Waals surface area contributed by atoms with Gasteiger partial charge in [-0.05, 0) is 53.0 Å². The third-order valence-corrected chi connectivity index (χ3v) is 5.43. The maximum Gasteiger partial charge on any atom is 0.408 e. The van der Waals surface area contributed by atoms with Crippen LogP contribution in [0.3, 0.4) is 0 Å². The van der Waals surface area contributed by atoms with Crippen molar-refractivity contribution < 1.29 is 23.9 Å². The van der Waals surface area contributed by atoms with E-state index < -0.39 is 42.0 Å². The van der Waals surface area contributed by atoms with Crippen molar-refractivity contribution in [3.05, 3.63) is 35.4 Å². The maximum atomic E-state index is 13.9. The fourth-order valence-corrected chi connectivity index (χ4v) is 3.59. The minimum Gasteiger partial charge on any atom is -0.444 e. The number of nitrogens with zero attached hydrogens (tertiary/aromatic N) is 1. The molecule has 35 heavy (non-hydrogen) atoms. The highest BCUT2D eigenvalue weighted by Crippen LogP contribution is 2.27. The largest absolute Gasteiger partial charge is 0.444 e. The minimum atomic E-state index is -1.29. The lowest BCUT2D eigenvalue weighted by atomic mass is 9.98. The fourth-order valence-electron chi connectivity index (χ4n) is 3.59. The summed E-state index contributed by atoms with van der Waals surface area (Å²) in [6, 6.07) is 4.78. The average molecular weight is 491 g/mol. The van der Waals surface area contributed by atoms with Crippen LogP contribution in [0, 0.1) is 6.92 Å². The number of alkyl carbamates (subject to hydrolysis) is 1. The number of carbonyl (C=O) groups excluding carboxylic acids is 4. The van der Waals surface area contributed by atoms with Gasteiger partial charge in [0.05, 0.1) is 6.42 Å². The summed E-state index contributed by atoms with van der Waals surface area (Å²) in [5.74, 6) is -1.67. The summed E-state index contributed by atoms with van der Waals surface area (Å²) in [6.45, 7) is 13.2. The van der Waals surface area contributed by atoms with Gasteiger partial charge in [-0.25, -0.2) is 4.79 Å². The Morgan fingerprint density at radius 2 is 1.80 bits per heavy atom. The van der Waals surface area contributed by atoms with E-state index in [0.29, 0.717) is 18.5 Å². The van der Waals surface area contributed by atoms with E-state index in [0.717, 1.165) is 18.4 Å². The Hall–Kier alpha value is -3.10. The van der Waals surface area contributed by atoms with Crippen molar-refractivity contribution in [2.45, 2.75) is 97.9 Å². The Morgan fingerprint density at radius 1 is 1.14 bits per heavy atom. The van der Waals surface area contributed by atoms with Crippen molar-refractivity contribution in [1.29, 1.82) is 0 Å². The van der Waals surface area contributed by atoms with E-state index in [4.69, 9.17) is 10.5 Å². The Labute approximate surface area is 209 Å². The smallest absolute Gasteiger partial charge is 0.408 e. The van der Waals surface area contributed by atoms with Gasteiger partial charge in [-0.2, -0.15) is 0 Å². The number of nitrogens with one attached hydrogen (secondary N) is 2. The Kier molecular flexibility index (Phi) is 11.7. The van der Waals surface area contributed by atoms with Gasteiger partial charge in [0, 0.05) is 12.6 Å². The molecule has 0 heterocycles. The first-order valence-electron chi connectivity index (χ1n) is 12.2. The summed E-state index contributed by atoms with van der Waals surface area (Å²) in [5, 5.41) is 5.42. The van der Waals surface area contributed by atoms with Crippen LogP contribution in [0.5, 0.6) is 0 Å². The molecule has 0 aromatic heterocycles. The first kappa shape index (κ1) is 29.9. The molecular formula is C26H42N4O5. The molecule has 9 nitrogen and oxygen atoms in total. The quantitative estimate of drug-likeness (QED) is 0.387. The topological polar surface area (TPSA) is 131 Å². The lowest BCUT2D eigenvalue weighted by Gasteiger charge is -2.38. The molecular weight excluding hydrogens is 448 g/mol. The predicted octanol–water partition coefficient (Wildman–Crippen LogP) is 3.35.